The lowest BCUT2D eigenvalue weighted by atomic mass is 9.87. The van der Waals surface area contributed by atoms with Gasteiger partial charge in [-0.3, -0.25) is 24.9 Å². The van der Waals surface area contributed by atoms with E-state index in [9.17, 15) is 14.4 Å². The van der Waals surface area contributed by atoms with Gasteiger partial charge in [-0.05, 0) is 87.9 Å². The molecule has 6 aromatic rings. The number of urea groups is 1. The minimum Gasteiger partial charge on any atom is -0.490 e. The predicted molar refractivity (Wildman–Crippen MR) is 219 cm³/mol. The van der Waals surface area contributed by atoms with Crippen LogP contribution < -0.4 is 20.3 Å². The Morgan fingerprint density at radius 1 is 0.947 bits per heavy atom. The monoisotopic (exact) mass is 770 g/mol. The number of H-pyrrole nitrogens is 1. The number of hydrogen-bond donors (Lipinski definition) is 3. The Hall–Kier alpha value is -5.76. The second kappa shape index (κ2) is 16.0. The van der Waals surface area contributed by atoms with Crippen LogP contribution in [0.15, 0.2) is 67.1 Å². The smallest absolute Gasteiger partial charge is 0.328 e. The van der Waals surface area contributed by atoms with Crippen molar-refractivity contribution in [1.29, 1.82) is 0 Å². The van der Waals surface area contributed by atoms with Crippen LogP contribution in [-0.2, 0) is 4.79 Å². The molecule has 0 radical (unpaired) electrons. The lowest BCUT2D eigenvalue weighted by Crippen LogP contribution is -2.49. The number of piperidine rings is 1. The molecule has 0 unspecified atom stereocenters. The van der Waals surface area contributed by atoms with Gasteiger partial charge in [0.25, 0.3) is 5.91 Å². The Bertz CT molecular complexity index is 2410. The Balaban J connectivity index is 0.000000153. The van der Waals surface area contributed by atoms with Gasteiger partial charge in [0.2, 0.25) is 5.91 Å². The largest absolute Gasteiger partial charge is 0.490 e. The molecule has 4 aromatic heterocycles. The number of imide groups is 1. The highest BCUT2D eigenvalue weighted by atomic mass is 16.5. The van der Waals surface area contributed by atoms with Gasteiger partial charge in [-0.2, -0.15) is 14.7 Å². The first kappa shape index (κ1) is 36.9. The number of likely N-dealkylation sites (tertiary alicyclic amines) is 1. The SMILES string of the molecule is Cc1cc2c(N3CCC(=O)NC3=O)cccc2n1C1CCN(CCC2CCCCC2)CC1.O=C(Nc1cnc2cccnn12)c1cc2cn[nH]c2cc1OC1CC1. The Morgan fingerprint density at radius 3 is 2.60 bits per heavy atom. The molecule has 14 heteroatoms. The third kappa shape index (κ3) is 7.95. The van der Waals surface area contributed by atoms with Crippen molar-refractivity contribution in [3.05, 3.63) is 78.4 Å². The highest BCUT2D eigenvalue weighted by Gasteiger charge is 2.29. The van der Waals surface area contributed by atoms with Gasteiger partial charge < -0.3 is 19.5 Å². The van der Waals surface area contributed by atoms with Crippen molar-refractivity contribution >= 4 is 56.8 Å². The molecule has 0 bridgehead atoms. The average molecular weight is 771 g/mol. The van der Waals surface area contributed by atoms with E-state index in [1.165, 1.54) is 82.2 Å². The summed E-state index contributed by atoms with van der Waals surface area (Å²) in [5.74, 6) is 1.55. The molecule has 6 heterocycles. The number of benzene rings is 2. The van der Waals surface area contributed by atoms with Crippen LogP contribution in [-0.4, -0.2) is 84.4 Å². The molecule has 14 nitrogen and oxygen atoms in total. The Labute approximate surface area is 330 Å². The van der Waals surface area contributed by atoms with Crippen molar-refractivity contribution in [2.24, 2.45) is 5.92 Å². The highest BCUT2D eigenvalue weighted by Crippen LogP contribution is 2.36. The Morgan fingerprint density at radius 2 is 1.79 bits per heavy atom. The van der Waals surface area contributed by atoms with E-state index >= 15 is 0 Å². The molecule has 4 fully saturated rings. The van der Waals surface area contributed by atoms with E-state index < -0.39 is 0 Å². The van der Waals surface area contributed by atoms with Gasteiger partial charge in [0.1, 0.15) is 5.75 Å². The number of hydrogen-bond acceptors (Lipinski definition) is 8. The lowest BCUT2D eigenvalue weighted by molar-refractivity contribution is -0.120. The predicted octanol–water partition coefficient (Wildman–Crippen LogP) is 7.40. The zero-order valence-electron chi connectivity index (χ0n) is 32.5. The number of amides is 4. The number of nitrogens with one attached hydrogen (secondary N) is 3. The number of imidazole rings is 1. The summed E-state index contributed by atoms with van der Waals surface area (Å²) in [6, 6.07) is 15.8. The maximum atomic E-state index is 12.9. The van der Waals surface area contributed by atoms with Crippen molar-refractivity contribution in [2.75, 3.05) is 36.4 Å². The number of ether oxygens (including phenoxy) is 1. The number of aromatic nitrogens is 6. The summed E-state index contributed by atoms with van der Waals surface area (Å²) in [6.07, 6.45) is 18.4. The van der Waals surface area contributed by atoms with Gasteiger partial charge in [0, 0.05) is 60.8 Å². The summed E-state index contributed by atoms with van der Waals surface area (Å²) in [4.78, 5) is 45.5. The van der Waals surface area contributed by atoms with Gasteiger partial charge in [0.05, 0.1) is 40.8 Å². The summed E-state index contributed by atoms with van der Waals surface area (Å²) >= 11 is 0. The third-order valence-electron chi connectivity index (χ3n) is 12.0. The normalized spacial score (nSPS) is 18.5. The van der Waals surface area contributed by atoms with Crippen molar-refractivity contribution in [3.8, 4) is 5.75 Å². The van der Waals surface area contributed by atoms with Crippen LogP contribution >= 0.6 is 0 Å². The molecule has 57 heavy (non-hydrogen) atoms. The summed E-state index contributed by atoms with van der Waals surface area (Å²) in [7, 11) is 0. The molecule has 2 aliphatic heterocycles. The van der Waals surface area contributed by atoms with Crippen LogP contribution in [0.1, 0.15) is 92.7 Å². The molecule has 2 saturated carbocycles. The third-order valence-corrected chi connectivity index (χ3v) is 12.0. The fourth-order valence-electron chi connectivity index (χ4n) is 8.83. The molecule has 2 saturated heterocycles. The molecule has 0 spiro atoms. The summed E-state index contributed by atoms with van der Waals surface area (Å²) in [5.41, 5.74) is 5.32. The molecule has 4 aliphatic rings. The number of anilines is 2. The van der Waals surface area contributed by atoms with Gasteiger partial charge in [0.15, 0.2) is 11.5 Å². The van der Waals surface area contributed by atoms with Crippen LogP contribution in [0.5, 0.6) is 5.75 Å². The van der Waals surface area contributed by atoms with E-state index in [0.29, 0.717) is 41.8 Å². The van der Waals surface area contributed by atoms with Crippen molar-refractivity contribution in [2.45, 2.75) is 89.7 Å². The first-order valence-electron chi connectivity index (χ1n) is 20.6. The molecule has 296 valence electrons. The van der Waals surface area contributed by atoms with Crippen LogP contribution in [0.2, 0.25) is 0 Å². The molecular formula is C43H50N10O4. The number of fused-ring (bicyclic) bond motifs is 3. The number of carbonyl (C=O) groups excluding carboxylic acids is 3. The lowest BCUT2D eigenvalue weighted by Gasteiger charge is -2.35. The standard InChI is InChI=1S/C26H36N4O2.C17H14N6O2/c1-19-18-22-23(29-17-13-25(31)27-26(29)32)8-5-9-24(22)30(19)21-11-15-28(16-12-21)14-10-20-6-3-2-4-7-20;24-17(21-16-9-18-15-2-1-5-20-23(15)16)12-6-10-8-19-22-13(10)7-14(12)25-11-3-4-11/h5,8-9,18,20-21H,2-4,6-7,10-17H2,1H3,(H,27,31,32);1-2,5-9,11H,3-4H2,(H,19,22)(H,21,24). The highest BCUT2D eigenvalue weighted by molar-refractivity contribution is 6.10. The minimum absolute atomic E-state index is 0.185. The molecular weight excluding hydrogens is 721 g/mol. The minimum atomic E-state index is -0.314. The fraction of sp³-hybridized carbons (Fsp3) is 0.442. The number of rotatable bonds is 9. The number of carbonyl (C=O) groups is 3. The Kier molecular flexibility index (Phi) is 10.3. The quantitative estimate of drug-likeness (QED) is 0.137. The molecule has 10 rings (SSSR count). The second-order valence-corrected chi connectivity index (χ2v) is 16.0. The maximum absolute atomic E-state index is 12.9. The van der Waals surface area contributed by atoms with E-state index in [1.807, 2.05) is 24.3 Å². The summed E-state index contributed by atoms with van der Waals surface area (Å²) in [5, 5.41) is 18.4. The first-order valence-corrected chi connectivity index (χ1v) is 20.6. The van der Waals surface area contributed by atoms with E-state index in [2.05, 4.69) is 59.4 Å². The van der Waals surface area contributed by atoms with Crippen molar-refractivity contribution in [1.82, 2.24) is 39.6 Å². The zero-order chi connectivity index (χ0) is 38.9. The first-order chi connectivity index (χ1) is 27.9. The number of aromatic amines is 1. The number of nitrogens with zero attached hydrogens (tertiary/aromatic N) is 7. The number of aryl methyl sites for hydroxylation is 1. The maximum Gasteiger partial charge on any atom is 0.328 e. The van der Waals surface area contributed by atoms with E-state index in [0.717, 1.165) is 40.7 Å². The van der Waals surface area contributed by atoms with Crippen molar-refractivity contribution in [3.63, 3.8) is 0 Å². The molecule has 0 atom stereocenters. The van der Waals surface area contributed by atoms with Gasteiger partial charge in [-0.1, -0.05) is 38.2 Å². The average Bonchev–Trinajstić information content (AvgIpc) is 3.60. The molecule has 3 N–H and O–H groups in total. The van der Waals surface area contributed by atoms with Crippen LogP contribution in [0, 0.1) is 12.8 Å². The fourth-order valence-corrected chi connectivity index (χ4v) is 8.83. The van der Waals surface area contributed by atoms with Crippen LogP contribution in [0.25, 0.3) is 27.5 Å². The summed E-state index contributed by atoms with van der Waals surface area (Å²) in [6.45, 7) is 6.22. The van der Waals surface area contributed by atoms with E-state index in [4.69, 9.17) is 4.74 Å². The van der Waals surface area contributed by atoms with Gasteiger partial charge in [-0.15, -0.1) is 0 Å². The topological polar surface area (TPSA) is 155 Å². The molecule has 2 aromatic carbocycles. The van der Waals surface area contributed by atoms with Crippen LogP contribution in [0.4, 0.5) is 16.3 Å². The van der Waals surface area contributed by atoms with Crippen LogP contribution in [0.3, 0.4) is 0 Å². The summed E-state index contributed by atoms with van der Waals surface area (Å²) < 4.78 is 9.98. The van der Waals surface area contributed by atoms with Gasteiger partial charge in [-0.25, -0.2) is 9.78 Å². The molecule has 2 aliphatic carbocycles. The second-order valence-electron chi connectivity index (χ2n) is 16.0. The van der Waals surface area contributed by atoms with E-state index in [-0.39, 0.29) is 23.9 Å². The van der Waals surface area contributed by atoms with Gasteiger partial charge >= 0.3 is 6.03 Å². The zero-order valence-corrected chi connectivity index (χ0v) is 32.5. The van der Waals surface area contributed by atoms with E-state index in [1.54, 1.807) is 40.1 Å². The van der Waals surface area contributed by atoms with Crippen molar-refractivity contribution < 1.29 is 19.1 Å². The molecule has 4 amide bonds.